The summed E-state index contributed by atoms with van der Waals surface area (Å²) in [5.74, 6) is -0.464. The van der Waals surface area contributed by atoms with E-state index < -0.39 is 10.8 Å². The Kier molecular flexibility index (Phi) is 4.44. The topological polar surface area (TPSA) is 102 Å². The number of carbonyl (C=O) groups is 1. The Morgan fingerprint density at radius 3 is 2.96 bits per heavy atom. The zero-order chi connectivity index (χ0) is 18.0. The molecule has 9 heteroatoms. The van der Waals surface area contributed by atoms with E-state index in [2.05, 4.69) is 15.5 Å². The fraction of sp³-hybridized carbons (Fsp3) is 0.0625. The Bertz CT molecular complexity index is 1010. The average Bonchev–Trinajstić information content (AvgIpc) is 2.90. The number of carbonyl (C=O) groups excluding carboxylic acids is 1. The van der Waals surface area contributed by atoms with Gasteiger partial charge in [-0.2, -0.15) is 5.10 Å². The number of aryl methyl sites for hydroxylation is 1. The lowest BCUT2D eigenvalue weighted by Gasteiger charge is -2.02. The Morgan fingerprint density at radius 1 is 1.40 bits per heavy atom. The molecular formula is C16H12ClN5O3. The fourth-order valence-electron chi connectivity index (χ4n) is 2.35. The first-order valence-electron chi connectivity index (χ1n) is 7.18. The number of hydrogen-bond donors (Lipinski definition) is 1. The van der Waals surface area contributed by atoms with Gasteiger partial charge in [-0.1, -0.05) is 23.7 Å². The molecule has 25 heavy (non-hydrogen) atoms. The summed E-state index contributed by atoms with van der Waals surface area (Å²) in [6, 6.07) is 9.31. The highest BCUT2D eigenvalue weighted by Gasteiger charge is 2.16. The van der Waals surface area contributed by atoms with Crippen LogP contribution < -0.4 is 5.43 Å². The Hall–Kier alpha value is -3.26. The van der Waals surface area contributed by atoms with Gasteiger partial charge in [-0.15, -0.1) is 0 Å². The fourth-order valence-corrected chi connectivity index (χ4v) is 2.51. The van der Waals surface area contributed by atoms with Crippen LogP contribution >= 0.6 is 11.6 Å². The Morgan fingerprint density at radius 2 is 2.20 bits per heavy atom. The number of hydrazone groups is 1. The van der Waals surface area contributed by atoms with Gasteiger partial charge in [-0.05, 0) is 19.1 Å². The van der Waals surface area contributed by atoms with Gasteiger partial charge in [-0.25, -0.2) is 10.4 Å². The Balaban J connectivity index is 1.81. The third-order valence-corrected chi connectivity index (χ3v) is 3.66. The van der Waals surface area contributed by atoms with E-state index in [0.29, 0.717) is 27.6 Å². The van der Waals surface area contributed by atoms with E-state index in [-0.39, 0.29) is 5.69 Å². The second kappa shape index (κ2) is 6.70. The number of nitrogens with zero attached hydrogens (tertiary/aromatic N) is 4. The molecule has 0 saturated carbocycles. The lowest BCUT2D eigenvalue weighted by Crippen LogP contribution is -2.20. The van der Waals surface area contributed by atoms with Crippen molar-refractivity contribution in [2.75, 3.05) is 0 Å². The van der Waals surface area contributed by atoms with Gasteiger partial charge in [-0.3, -0.25) is 19.3 Å². The van der Waals surface area contributed by atoms with Gasteiger partial charge >= 0.3 is 0 Å². The minimum absolute atomic E-state index is 0.0532. The maximum absolute atomic E-state index is 12.4. The molecule has 0 saturated heterocycles. The minimum atomic E-state index is -0.499. The number of nitro benzene ring substituents is 1. The molecule has 0 aliphatic rings. The molecule has 0 spiro atoms. The normalized spacial score (nSPS) is 11.1. The summed E-state index contributed by atoms with van der Waals surface area (Å²) in [5, 5.41) is 15.1. The van der Waals surface area contributed by atoms with Gasteiger partial charge in [0.05, 0.1) is 21.9 Å². The number of nitrogens with one attached hydrogen (secondary N) is 1. The third kappa shape index (κ3) is 3.48. The van der Waals surface area contributed by atoms with Gasteiger partial charge < -0.3 is 0 Å². The molecule has 126 valence electrons. The molecule has 2 aromatic heterocycles. The summed E-state index contributed by atoms with van der Waals surface area (Å²) < 4.78 is 1.58. The highest BCUT2D eigenvalue weighted by molar-refractivity contribution is 6.30. The molecule has 0 atom stereocenters. The molecule has 0 radical (unpaired) electrons. The largest absolute Gasteiger partial charge is 0.294 e. The number of nitro groups is 1. The number of fused-ring (bicyclic) bond motifs is 1. The lowest BCUT2D eigenvalue weighted by atomic mass is 10.2. The molecule has 0 fully saturated rings. The van der Waals surface area contributed by atoms with E-state index in [9.17, 15) is 14.9 Å². The summed E-state index contributed by atoms with van der Waals surface area (Å²) in [6.45, 7) is 1.71. The summed E-state index contributed by atoms with van der Waals surface area (Å²) >= 11 is 5.96. The van der Waals surface area contributed by atoms with Gasteiger partial charge in [0.2, 0.25) is 0 Å². The van der Waals surface area contributed by atoms with Crippen LogP contribution in [-0.4, -0.2) is 26.4 Å². The minimum Gasteiger partial charge on any atom is -0.294 e. The van der Waals surface area contributed by atoms with Gasteiger partial charge in [0.15, 0.2) is 0 Å². The standard InChI is InChI=1S/C16H12ClN5O3/c1-10-15(21-9-12(17)5-6-14(21)19-10)16(23)20-18-8-11-3-2-4-13(7-11)22(24)25/h2-9H,1H3,(H,20,23)/b18-8-. The summed E-state index contributed by atoms with van der Waals surface area (Å²) in [5.41, 5.74) is 4.27. The number of rotatable bonds is 4. The van der Waals surface area contributed by atoms with Crippen LogP contribution in [-0.2, 0) is 0 Å². The molecule has 2 heterocycles. The second-order valence-corrected chi connectivity index (χ2v) is 5.61. The van der Waals surface area contributed by atoms with Crippen molar-refractivity contribution in [3.63, 3.8) is 0 Å². The third-order valence-electron chi connectivity index (χ3n) is 3.43. The first kappa shape index (κ1) is 16.6. The number of benzene rings is 1. The van der Waals surface area contributed by atoms with Crippen molar-refractivity contribution in [1.82, 2.24) is 14.8 Å². The summed E-state index contributed by atoms with van der Waals surface area (Å²) in [4.78, 5) is 26.9. The smallest absolute Gasteiger partial charge is 0.290 e. The molecule has 0 unspecified atom stereocenters. The number of amides is 1. The highest BCUT2D eigenvalue weighted by atomic mass is 35.5. The van der Waals surface area contributed by atoms with Crippen molar-refractivity contribution in [2.24, 2.45) is 5.10 Å². The number of hydrogen-bond acceptors (Lipinski definition) is 5. The van der Waals surface area contributed by atoms with E-state index in [0.717, 1.165) is 0 Å². The quantitative estimate of drug-likeness (QED) is 0.440. The summed E-state index contributed by atoms with van der Waals surface area (Å²) in [6.07, 6.45) is 2.92. The van der Waals surface area contributed by atoms with Gasteiger partial charge in [0, 0.05) is 23.9 Å². The zero-order valence-electron chi connectivity index (χ0n) is 13.0. The first-order valence-corrected chi connectivity index (χ1v) is 7.55. The molecule has 1 aromatic carbocycles. The van der Waals surface area contributed by atoms with Crippen LogP contribution in [0.2, 0.25) is 5.02 Å². The number of halogens is 1. The van der Waals surface area contributed by atoms with E-state index >= 15 is 0 Å². The second-order valence-electron chi connectivity index (χ2n) is 5.17. The first-order chi connectivity index (χ1) is 12.0. The summed E-state index contributed by atoms with van der Waals surface area (Å²) in [7, 11) is 0. The van der Waals surface area contributed by atoms with Crippen molar-refractivity contribution in [3.8, 4) is 0 Å². The van der Waals surface area contributed by atoms with Crippen LogP contribution in [0.5, 0.6) is 0 Å². The van der Waals surface area contributed by atoms with Crippen LogP contribution in [0.3, 0.4) is 0 Å². The molecular weight excluding hydrogens is 346 g/mol. The highest BCUT2D eigenvalue weighted by Crippen LogP contribution is 2.16. The average molecular weight is 358 g/mol. The molecule has 1 amide bonds. The lowest BCUT2D eigenvalue weighted by molar-refractivity contribution is -0.384. The zero-order valence-corrected chi connectivity index (χ0v) is 13.8. The molecule has 0 aliphatic heterocycles. The predicted molar refractivity (Wildman–Crippen MR) is 93.1 cm³/mol. The monoisotopic (exact) mass is 357 g/mol. The molecule has 0 aliphatic carbocycles. The van der Waals surface area contributed by atoms with Crippen molar-refractivity contribution < 1.29 is 9.72 Å². The maximum atomic E-state index is 12.4. The van der Waals surface area contributed by atoms with Crippen LogP contribution in [0.4, 0.5) is 5.69 Å². The van der Waals surface area contributed by atoms with Crippen LogP contribution in [0, 0.1) is 17.0 Å². The molecule has 3 aromatic rings. The molecule has 1 N–H and O–H groups in total. The van der Waals surface area contributed by atoms with Crippen molar-refractivity contribution in [1.29, 1.82) is 0 Å². The SMILES string of the molecule is Cc1nc2ccc(Cl)cn2c1C(=O)N/N=C\c1cccc([N+](=O)[O-])c1. The number of non-ortho nitro benzene ring substituents is 1. The molecule has 3 rings (SSSR count). The molecule has 8 nitrogen and oxygen atoms in total. The number of imidazole rings is 1. The number of aromatic nitrogens is 2. The maximum Gasteiger partial charge on any atom is 0.290 e. The number of pyridine rings is 1. The van der Waals surface area contributed by atoms with Crippen molar-refractivity contribution in [3.05, 3.63) is 74.7 Å². The van der Waals surface area contributed by atoms with Crippen LogP contribution in [0.15, 0.2) is 47.7 Å². The van der Waals surface area contributed by atoms with Gasteiger partial charge in [0.25, 0.3) is 11.6 Å². The van der Waals surface area contributed by atoms with E-state index in [1.54, 1.807) is 35.7 Å². The molecule has 0 bridgehead atoms. The van der Waals surface area contributed by atoms with Crippen molar-refractivity contribution >= 4 is 35.1 Å². The Labute approximate surface area is 146 Å². The van der Waals surface area contributed by atoms with Gasteiger partial charge in [0.1, 0.15) is 11.3 Å². The van der Waals surface area contributed by atoms with Crippen LogP contribution in [0.1, 0.15) is 21.7 Å². The van der Waals surface area contributed by atoms with E-state index in [4.69, 9.17) is 11.6 Å². The predicted octanol–water partition coefficient (Wildman–Crippen LogP) is 2.97. The van der Waals surface area contributed by atoms with E-state index in [1.807, 2.05) is 0 Å². The van der Waals surface area contributed by atoms with Crippen molar-refractivity contribution in [2.45, 2.75) is 6.92 Å². The van der Waals surface area contributed by atoms with Crippen LogP contribution in [0.25, 0.3) is 5.65 Å². The van der Waals surface area contributed by atoms with E-state index in [1.165, 1.54) is 24.4 Å².